The van der Waals surface area contributed by atoms with Crippen LogP contribution in [0.4, 0.5) is 0 Å². The molecule has 118 valence electrons. The Morgan fingerprint density at radius 3 is 2.25 bits per heavy atom. The van der Waals surface area contributed by atoms with Crippen molar-refractivity contribution in [3.8, 4) is 0 Å². The van der Waals surface area contributed by atoms with Crippen LogP contribution in [0, 0.1) is 0 Å². The highest BCUT2D eigenvalue weighted by Gasteiger charge is 2.37. The second-order valence-electron chi connectivity index (χ2n) is 6.08. The summed E-state index contributed by atoms with van der Waals surface area (Å²) < 4.78 is 29.0. The predicted molar refractivity (Wildman–Crippen MR) is 83.2 cm³/mol. The van der Waals surface area contributed by atoms with E-state index in [1.165, 1.54) is 12.8 Å². The molecular formula is C14H27ClN2O2S. The van der Waals surface area contributed by atoms with Gasteiger partial charge in [-0.15, -0.1) is 11.6 Å². The van der Waals surface area contributed by atoms with Gasteiger partial charge in [-0.2, -0.15) is 17.0 Å². The van der Waals surface area contributed by atoms with Crippen LogP contribution in [0.1, 0.15) is 57.8 Å². The zero-order valence-electron chi connectivity index (χ0n) is 12.4. The Bertz CT molecular complexity index is 394. The van der Waals surface area contributed by atoms with Gasteiger partial charge in [-0.25, -0.2) is 0 Å². The molecule has 0 radical (unpaired) electrons. The van der Waals surface area contributed by atoms with Crippen molar-refractivity contribution in [3.05, 3.63) is 0 Å². The van der Waals surface area contributed by atoms with Gasteiger partial charge < -0.3 is 0 Å². The minimum atomic E-state index is -3.36. The predicted octanol–water partition coefficient (Wildman–Crippen LogP) is 2.98. The number of hydrogen-bond donors (Lipinski definition) is 0. The molecule has 2 rings (SSSR count). The number of halogens is 1. The van der Waals surface area contributed by atoms with Crippen molar-refractivity contribution in [2.75, 3.05) is 19.5 Å². The molecule has 4 nitrogen and oxygen atoms in total. The van der Waals surface area contributed by atoms with Crippen LogP contribution in [-0.4, -0.2) is 48.6 Å². The van der Waals surface area contributed by atoms with Crippen LogP contribution < -0.4 is 0 Å². The van der Waals surface area contributed by atoms with Gasteiger partial charge in [0.25, 0.3) is 10.2 Å². The minimum Gasteiger partial charge on any atom is -0.195 e. The van der Waals surface area contributed by atoms with E-state index < -0.39 is 10.2 Å². The summed E-state index contributed by atoms with van der Waals surface area (Å²) >= 11 is 5.97. The first-order chi connectivity index (χ1) is 9.57. The van der Waals surface area contributed by atoms with Crippen LogP contribution >= 0.6 is 11.6 Å². The molecule has 1 atom stereocenters. The van der Waals surface area contributed by atoms with Crippen LogP contribution in [0.15, 0.2) is 0 Å². The van der Waals surface area contributed by atoms with Gasteiger partial charge >= 0.3 is 0 Å². The van der Waals surface area contributed by atoms with Gasteiger partial charge in [-0.1, -0.05) is 32.1 Å². The first-order valence-corrected chi connectivity index (χ1v) is 9.81. The van der Waals surface area contributed by atoms with Gasteiger partial charge in [0.2, 0.25) is 0 Å². The second-order valence-corrected chi connectivity index (χ2v) is 8.33. The standard InChI is InChI=1S/C14H27ClN2O2S/c1-16(13-8-4-2-3-5-9-13)20(18,19)17-11-7-6-10-14(17)12-15/h13-14H,2-12H2,1H3. The number of rotatable bonds is 4. The van der Waals surface area contributed by atoms with E-state index in [1.807, 2.05) is 0 Å². The lowest BCUT2D eigenvalue weighted by Gasteiger charge is -2.38. The third kappa shape index (κ3) is 3.67. The maximum absolute atomic E-state index is 12.9. The van der Waals surface area contributed by atoms with Crippen molar-refractivity contribution in [2.45, 2.75) is 69.9 Å². The van der Waals surface area contributed by atoms with Gasteiger partial charge in [0, 0.05) is 31.6 Å². The van der Waals surface area contributed by atoms with Crippen molar-refractivity contribution >= 4 is 21.8 Å². The van der Waals surface area contributed by atoms with Gasteiger partial charge in [0.1, 0.15) is 0 Å². The van der Waals surface area contributed by atoms with E-state index in [0.717, 1.165) is 44.9 Å². The van der Waals surface area contributed by atoms with E-state index in [-0.39, 0.29) is 12.1 Å². The van der Waals surface area contributed by atoms with Crippen molar-refractivity contribution in [3.63, 3.8) is 0 Å². The molecule has 1 aliphatic heterocycles. The Hall–Kier alpha value is 0.160. The third-order valence-corrected chi connectivity index (χ3v) is 7.21. The fraction of sp³-hybridized carbons (Fsp3) is 1.00. The zero-order chi connectivity index (χ0) is 14.6. The minimum absolute atomic E-state index is 0.0244. The molecule has 0 aromatic rings. The highest BCUT2D eigenvalue weighted by atomic mass is 35.5. The van der Waals surface area contributed by atoms with Gasteiger partial charge in [-0.3, -0.25) is 0 Å². The highest BCUT2D eigenvalue weighted by Crippen LogP contribution is 2.28. The number of hydrogen-bond acceptors (Lipinski definition) is 2. The average Bonchev–Trinajstić information content (AvgIpc) is 2.75. The average molecular weight is 323 g/mol. The van der Waals surface area contributed by atoms with Crippen LogP contribution in [0.25, 0.3) is 0 Å². The van der Waals surface area contributed by atoms with Crippen molar-refractivity contribution in [1.82, 2.24) is 8.61 Å². The third-order valence-electron chi connectivity index (χ3n) is 4.75. The molecule has 0 bridgehead atoms. The molecule has 0 spiro atoms. The first kappa shape index (κ1) is 16.5. The topological polar surface area (TPSA) is 40.6 Å². The maximum Gasteiger partial charge on any atom is 0.282 e. The lowest BCUT2D eigenvalue weighted by atomic mass is 10.1. The molecule has 0 amide bonds. The lowest BCUT2D eigenvalue weighted by molar-refractivity contribution is 0.235. The molecule has 0 aromatic carbocycles. The maximum atomic E-state index is 12.9. The van der Waals surface area contributed by atoms with E-state index in [1.54, 1.807) is 15.7 Å². The van der Waals surface area contributed by atoms with E-state index in [2.05, 4.69) is 0 Å². The zero-order valence-corrected chi connectivity index (χ0v) is 14.0. The molecule has 0 N–H and O–H groups in total. The molecule has 6 heteroatoms. The Morgan fingerprint density at radius 1 is 1.05 bits per heavy atom. The Balaban J connectivity index is 2.10. The van der Waals surface area contributed by atoms with Crippen LogP contribution in [0.5, 0.6) is 0 Å². The molecule has 0 aromatic heterocycles. The lowest BCUT2D eigenvalue weighted by Crippen LogP contribution is -2.52. The summed E-state index contributed by atoms with van der Waals surface area (Å²) in [6, 6.07) is 0.143. The van der Waals surface area contributed by atoms with Gasteiger partial charge in [0.15, 0.2) is 0 Å². The number of piperidine rings is 1. The summed E-state index contributed by atoms with van der Waals surface area (Å²) in [5, 5.41) is 0. The van der Waals surface area contributed by atoms with Crippen LogP contribution in [-0.2, 0) is 10.2 Å². The smallest absolute Gasteiger partial charge is 0.195 e. The van der Waals surface area contributed by atoms with Crippen LogP contribution in [0.3, 0.4) is 0 Å². The molecular weight excluding hydrogens is 296 g/mol. The monoisotopic (exact) mass is 322 g/mol. The molecule has 1 saturated carbocycles. The SMILES string of the molecule is CN(C1CCCCCC1)S(=O)(=O)N1CCCCC1CCl. The van der Waals surface area contributed by atoms with E-state index >= 15 is 0 Å². The molecule has 2 fully saturated rings. The number of alkyl halides is 1. The Morgan fingerprint density at radius 2 is 1.65 bits per heavy atom. The second kappa shape index (κ2) is 7.43. The molecule has 1 heterocycles. The van der Waals surface area contributed by atoms with E-state index in [0.29, 0.717) is 12.4 Å². The van der Waals surface area contributed by atoms with Crippen molar-refractivity contribution < 1.29 is 8.42 Å². The fourth-order valence-electron chi connectivity index (χ4n) is 3.41. The molecule has 1 saturated heterocycles. The Kier molecular flexibility index (Phi) is 6.14. The largest absolute Gasteiger partial charge is 0.282 e. The van der Waals surface area contributed by atoms with Gasteiger partial charge in [0.05, 0.1) is 0 Å². The van der Waals surface area contributed by atoms with Crippen molar-refractivity contribution in [2.24, 2.45) is 0 Å². The van der Waals surface area contributed by atoms with Crippen LogP contribution in [0.2, 0.25) is 0 Å². The molecule has 20 heavy (non-hydrogen) atoms. The highest BCUT2D eigenvalue weighted by molar-refractivity contribution is 7.86. The summed E-state index contributed by atoms with van der Waals surface area (Å²) in [5.41, 5.74) is 0. The summed E-state index contributed by atoms with van der Waals surface area (Å²) in [4.78, 5) is 0. The first-order valence-electron chi connectivity index (χ1n) is 7.88. The normalized spacial score (nSPS) is 27.6. The summed E-state index contributed by atoms with van der Waals surface area (Å²) in [6.45, 7) is 0.622. The molecule has 1 unspecified atom stereocenters. The molecule has 2 aliphatic rings. The van der Waals surface area contributed by atoms with Crippen molar-refractivity contribution in [1.29, 1.82) is 0 Å². The summed E-state index contributed by atoms with van der Waals surface area (Å²) in [6.07, 6.45) is 9.66. The van der Waals surface area contributed by atoms with E-state index in [4.69, 9.17) is 11.6 Å². The molecule has 1 aliphatic carbocycles. The van der Waals surface area contributed by atoms with Gasteiger partial charge in [-0.05, 0) is 25.7 Å². The fourth-order valence-corrected chi connectivity index (χ4v) is 5.64. The summed E-state index contributed by atoms with van der Waals surface area (Å²) in [7, 11) is -1.60. The Labute approximate surface area is 128 Å². The number of nitrogens with zero attached hydrogens (tertiary/aromatic N) is 2. The summed E-state index contributed by atoms with van der Waals surface area (Å²) in [5.74, 6) is 0.401. The quantitative estimate of drug-likeness (QED) is 0.589. The van der Waals surface area contributed by atoms with E-state index in [9.17, 15) is 8.42 Å².